The van der Waals surface area contributed by atoms with Crippen LogP contribution in [0, 0.1) is 6.92 Å². The van der Waals surface area contributed by atoms with Crippen molar-refractivity contribution >= 4 is 46.4 Å². The Morgan fingerprint density at radius 2 is 1.78 bits per heavy atom. The number of likely N-dealkylation sites (N-methyl/N-ethyl adjacent to an activating group) is 1. The van der Waals surface area contributed by atoms with Crippen molar-refractivity contribution in [3.63, 3.8) is 0 Å². The Hall–Kier alpha value is -3.69. The average molecular weight is 508 g/mol. The third kappa shape index (κ3) is 5.42. The van der Waals surface area contributed by atoms with Crippen LogP contribution in [0.4, 0.5) is 23.0 Å². The summed E-state index contributed by atoms with van der Waals surface area (Å²) in [6, 6.07) is 14.6. The van der Waals surface area contributed by atoms with Gasteiger partial charge in [-0.2, -0.15) is 0 Å². The van der Waals surface area contributed by atoms with Gasteiger partial charge in [-0.1, -0.05) is 36.7 Å². The van der Waals surface area contributed by atoms with E-state index >= 15 is 0 Å². The Morgan fingerprint density at radius 1 is 1.08 bits per heavy atom. The van der Waals surface area contributed by atoms with Gasteiger partial charge in [0, 0.05) is 29.4 Å². The summed E-state index contributed by atoms with van der Waals surface area (Å²) in [6.07, 6.45) is 2.49. The molecule has 188 valence electrons. The molecule has 2 aromatic carbocycles. The van der Waals surface area contributed by atoms with Crippen LogP contribution in [0.15, 0.2) is 54.9 Å². The van der Waals surface area contributed by atoms with Crippen LogP contribution in [0.3, 0.4) is 0 Å². The fraction of sp³-hybridized carbons (Fsp3) is 0.308. The molecule has 0 unspecified atom stereocenters. The maximum atomic E-state index is 13.3. The monoisotopic (exact) mass is 507 g/mol. The third-order valence-corrected chi connectivity index (χ3v) is 6.72. The van der Waals surface area contributed by atoms with Gasteiger partial charge >= 0.3 is 0 Å². The average Bonchev–Trinajstić information content (AvgIpc) is 2.87. The van der Waals surface area contributed by atoms with E-state index in [0.29, 0.717) is 60.4 Å². The van der Waals surface area contributed by atoms with Gasteiger partial charge in [-0.3, -0.25) is 9.59 Å². The highest BCUT2D eigenvalue weighted by molar-refractivity contribution is 6.30. The van der Waals surface area contributed by atoms with Crippen LogP contribution in [0.1, 0.15) is 35.7 Å². The molecular formula is C26H30ClN7O2. The summed E-state index contributed by atoms with van der Waals surface area (Å²) in [5, 5.41) is 10.2. The second kappa shape index (κ2) is 10.9. The number of rotatable bonds is 8. The summed E-state index contributed by atoms with van der Waals surface area (Å²) in [6.45, 7) is 5.54. The first kappa shape index (κ1) is 25.4. The van der Waals surface area contributed by atoms with E-state index in [-0.39, 0.29) is 11.8 Å². The first-order valence-corrected chi connectivity index (χ1v) is 12.3. The number of amides is 2. The van der Waals surface area contributed by atoms with Crippen molar-refractivity contribution in [3.05, 3.63) is 71.0 Å². The highest BCUT2D eigenvalue weighted by atomic mass is 35.5. The zero-order chi connectivity index (χ0) is 25.7. The number of halogens is 1. The normalized spacial score (nSPS) is 14.8. The number of carbonyl (C=O) groups is 2. The zero-order valence-electron chi connectivity index (χ0n) is 20.3. The van der Waals surface area contributed by atoms with Crippen molar-refractivity contribution in [1.29, 1.82) is 0 Å². The predicted molar refractivity (Wildman–Crippen MR) is 143 cm³/mol. The number of aryl methyl sites for hydroxylation is 1. The predicted octanol–water partition coefficient (Wildman–Crippen LogP) is 3.87. The topological polar surface area (TPSA) is 125 Å². The number of carbonyl (C=O) groups excluding carboxylic acids is 2. The SMILES string of the molecule is CCNC1(C(N)=O)CCN(c2ncnc(Nc3ccc(Cl)cc3)c2NC(=O)c2ccccc2C)CC1. The summed E-state index contributed by atoms with van der Waals surface area (Å²) >= 11 is 6.04. The second-order valence-corrected chi connectivity index (χ2v) is 9.22. The van der Waals surface area contributed by atoms with Gasteiger partial charge in [-0.25, -0.2) is 9.97 Å². The number of anilines is 4. The Bertz CT molecular complexity index is 1240. The molecule has 1 aromatic heterocycles. The molecule has 1 aliphatic rings. The van der Waals surface area contributed by atoms with Crippen molar-refractivity contribution in [2.45, 2.75) is 32.2 Å². The first-order chi connectivity index (χ1) is 17.3. The summed E-state index contributed by atoms with van der Waals surface area (Å²) < 4.78 is 0. The fourth-order valence-electron chi connectivity index (χ4n) is 4.45. The Balaban J connectivity index is 1.68. The molecular weight excluding hydrogens is 478 g/mol. The van der Waals surface area contributed by atoms with Crippen molar-refractivity contribution in [2.24, 2.45) is 5.73 Å². The van der Waals surface area contributed by atoms with Gasteiger partial charge in [-0.15, -0.1) is 0 Å². The molecule has 0 saturated carbocycles. The fourth-order valence-corrected chi connectivity index (χ4v) is 4.58. The lowest BCUT2D eigenvalue weighted by Gasteiger charge is -2.41. The van der Waals surface area contributed by atoms with E-state index in [2.05, 4.69) is 25.9 Å². The molecule has 3 aromatic rings. The Morgan fingerprint density at radius 3 is 2.42 bits per heavy atom. The lowest BCUT2D eigenvalue weighted by atomic mass is 9.86. The van der Waals surface area contributed by atoms with Crippen LogP contribution in [-0.2, 0) is 4.79 Å². The van der Waals surface area contributed by atoms with Gasteiger partial charge in [0.15, 0.2) is 11.6 Å². The number of primary amides is 1. The van der Waals surface area contributed by atoms with Gasteiger partial charge in [-0.05, 0) is 62.2 Å². The number of nitrogens with two attached hydrogens (primary N) is 1. The highest BCUT2D eigenvalue weighted by Crippen LogP contribution is 2.35. The Labute approximate surface area is 215 Å². The molecule has 4 rings (SSSR count). The zero-order valence-corrected chi connectivity index (χ0v) is 21.1. The van der Waals surface area contributed by atoms with Gasteiger partial charge < -0.3 is 26.6 Å². The quantitative estimate of drug-likeness (QED) is 0.364. The first-order valence-electron chi connectivity index (χ1n) is 11.9. The second-order valence-electron chi connectivity index (χ2n) is 8.79. The summed E-state index contributed by atoms with van der Waals surface area (Å²) in [7, 11) is 0. The number of piperidine rings is 1. The largest absolute Gasteiger partial charge is 0.368 e. The van der Waals surface area contributed by atoms with Crippen LogP contribution < -0.4 is 26.6 Å². The molecule has 1 aliphatic heterocycles. The molecule has 0 atom stereocenters. The van der Waals surface area contributed by atoms with Crippen LogP contribution in [0.5, 0.6) is 0 Å². The number of nitrogens with one attached hydrogen (secondary N) is 3. The summed E-state index contributed by atoms with van der Waals surface area (Å²) in [5.41, 5.74) is 7.62. The van der Waals surface area contributed by atoms with Crippen molar-refractivity contribution in [1.82, 2.24) is 15.3 Å². The molecule has 1 fully saturated rings. The third-order valence-electron chi connectivity index (χ3n) is 6.47. The molecule has 10 heteroatoms. The molecule has 2 heterocycles. The van der Waals surface area contributed by atoms with Crippen LogP contribution in [0.25, 0.3) is 0 Å². The van der Waals surface area contributed by atoms with Crippen LogP contribution in [-0.4, -0.2) is 47.0 Å². The smallest absolute Gasteiger partial charge is 0.256 e. The number of aromatic nitrogens is 2. The minimum absolute atomic E-state index is 0.264. The molecule has 0 radical (unpaired) electrons. The molecule has 2 amide bonds. The molecule has 0 aliphatic carbocycles. The summed E-state index contributed by atoms with van der Waals surface area (Å²) in [5.74, 6) is 0.393. The number of hydrogen-bond donors (Lipinski definition) is 4. The molecule has 36 heavy (non-hydrogen) atoms. The van der Waals surface area contributed by atoms with E-state index in [1.807, 2.05) is 49.1 Å². The number of benzene rings is 2. The van der Waals surface area contributed by atoms with Gasteiger partial charge in [0.25, 0.3) is 5.91 Å². The maximum Gasteiger partial charge on any atom is 0.256 e. The number of hydrogen-bond acceptors (Lipinski definition) is 7. The van der Waals surface area contributed by atoms with Crippen molar-refractivity contribution in [3.8, 4) is 0 Å². The van der Waals surface area contributed by atoms with E-state index < -0.39 is 5.54 Å². The van der Waals surface area contributed by atoms with E-state index in [1.54, 1.807) is 18.2 Å². The highest BCUT2D eigenvalue weighted by Gasteiger charge is 2.40. The van der Waals surface area contributed by atoms with E-state index in [4.69, 9.17) is 17.3 Å². The standard InChI is InChI=1S/C26H30ClN7O2/c1-3-31-26(25(28)36)12-14-34(15-13-26)23-21(33-24(35)20-7-5-4-6-17(20)2)22(29-16-30-23)32-19-10-8-18(27)9-11-19/h4-11,16,31H,3,12-15H2,1-2H3,(H2,28,36)(H,33,35)(H,29,30,32). The van der Waals surface area contributed by atoms with Gasteiger partial charge in [0.2, 0.25) is 5.91 Å². The Kier molecular flexibility index (Phi) is 7.71. The molecule has 9 nitrogen and oxygen atoms in total. The number of nitrogens with zero attached hydrogens (tertiary/aromatic N) is 3. The minimum atomic E-state index is -0.757. The molecule has 1 saturated heterocycles. The molecule has 5 N–H and O–H groups in total. The van der Waals surface area contributed by atoms with Gasteiger partial charge in [0.1, 0.15) is 17.6 Å². The lowest BCUT2D eigenvalue weighted by Crippen LogP contribution is -2.61. The lowest BCUT2D eigenvalue weighted by molar-refractivity contribution is -0.125. The van der Waals surface area contributed by atoms with Crippen LogP contribution in [0.2, 0.25) is 5.02 Å². The molecule has 0 bridgehead atoms. The van der Waals surface area contributed by atoms with Crippen molar-refractivity contribution < 1.29 is 9.59 Å². The molecule has 0 spiro atoms. The minimum Gasteiger partial charge on any atom is -0.368 e. The summed E-state index contributed by atoms with van der Waals surface area (Å²) in [4.78, 5) is 36.5. The van der Waals surface area contributed by atoms with Gasteiger partial charge in [0.05, 0.1) is 0 Å². The van der Waals surface area contributed by atoms with Crippen molar-refractivity contribution in [2.75, 3.05) is 35.2 Å². The van der Waals surface area contributed by atoms with E-state index in [9.17, 15) is 9.59 Å². The van der Waals surface area contributed by atoms with E-state index in [1.165, 1.54) is 6.33 Å². The van der Waals surface area contributed by atoms with E-state index in [0.717, 1.165) is 11.3 Å². The maximum absolute atomic E-state index is 13.3. The van der Waals surface area contributed by atoms with Crippen LogP contribution >= 0.6 is 11.6 Å².